The van der Waals surface area contributed by atoms with E-state index in [1.165, 1.54) is 17.2 Å². The molecule has 0 fully saturated rings. The quantitative estimate of drug-likeness (QED) is 0.627. The van der Waals surface area contributed by atoms with E-state index in [9.17, 15) is 9.18 Å². The van der Waals surface area contributed by atoms with Gasteiger partial charge in [-0.25, -0.2) is 4.39 Å². The summed E-state index contributed by atoms with van der Waals surface area (Å²) < 4.78 is 19.6. The van der Waals surface area contributed by atoms with Crippen LogP contribution in [0, 0.1) is 5.82 Å². The largest absolute Gasteiger partial charge is 0.461 e. The highest BCUT2D eigenvalue weighted by Gasteiger charge is 2.28. The van der Waals surface area contributed by atoms with Crippen LogP contribution in [-0.2, 0) is 17.6 Å². The lowest BCUT2D eigenvalue weighted by atomic mass is 10.1. The first-order valence-corrected chi connectivity index (χ1v) is 9.30. The van der Waals surface area contributed by atoms with Gasteiger partial charge >= 0.3 is 0 Å². The molecule has 1 amide bonds. The van der Waals surface area contributed by atoms with Gasteiger partial charge in [-0.3, -0.25) is 4.79 Å². The maximum absolute atomic E-state index is 13.9. The number of benzene rings is 2. The number of furan rings is 1. The molecule has 1 unspecified atom stereocenters. The molecule has 3 nitrogen and oxygen atoms in total. The summed E-state index contributed by atoms with van der Waals surface area (Å²) in [6.45, 7) is 0. The second kappa shape index (κ2) is 7.39. The van der Waals surface area contributed by atoms with Gasteiger partial charge in [0.15, 0.2) is 0 Å². The summed E-state index contributed by atoms with van der Waals surface area (Å²) >= 11 is 0. The molecule has 138 valence electrons. The van der Waals surface area contributed by atoms with Gasteiger partial charge in [-0.15, -0.1) is 0 Å². The van der Waals surface area contributed by atoms with Crippen LogP contribution in [0.4, 0.5) is 4.39 Å². The van der Waals surface area contributed by atoms with Crippen molar-refractivity contribution in [3.05, 3.63) is 83.4 Å². The van der Waals surface area contributed by atoms with Crippen LogP contribution in [0.1, 0.15) is 35.8 Å². The van der Waals surface area contributed by atoms with Gasteiger partial charge in [-0.2, -0.15) is 0 Å². The number of amides is 1. The third-order valence-corrected chi connectivity index (χ3v) is 5.35. The van der Waals surface area contributed by atoms with Gasteiger partial charge in [0.05, 0.1) is 11.6 Å². The molecule has 0 saturated carbocycles. The summed E-state index contributed by atoms with van der Waals surface area (Å²) in [7, 11) is 1.88. The molecular formula is C23H22FNO2. The summed E-state index contributed by atoms with van der Waals surface area (Å²) in [5, 5.41) is 0. The number of fused-ring (bicyclic) bond motifs is 1. The van der Waals surface area contributed by atoms with Crippen molar-refractivity contribution >= 4 is 5.91 Å². The zero-order valence-electron chi connectivity index (χ0n) is 15.3. The zero-order valence-corrected chi connectivity index (χ0v) is 15.3. The summed E-state index contributed by atoms with van der Waals surface area (Å²) in [5.41, 5.74) is 3.03. The Balaban J connectivity index is 1.39. The van der Waals surface area contributed by atoms with Gasteiger partial charge in [0, 0.05) is 19.9 Å². The van der Waals surface area contributed by atoms with Crippen LogP contribution in [0.5, 0.6) is 0 Å². The van der Waals surface area contributed by atoms with Gasteiger partial charge in [-0.1, -0.05) is 36.4 Å². The van der Waals surface area contributed by atoms with E-state index in [0.717, 1.165) is 12.8 Å². The van der Waals surface area contributed by atoms with Crippen molar-refractivity contribution in [2.24, 2.45) is 0 Å². The Bertz CT molecular complexity index is 962. The van der Waals surface area contributed by atoms with Gasteiger partial charge in [0.1, 0.15) is 17.3 Å². The number of rotatable bonds is 5. The van der Waals surface area contributed by atoms with E-state index >= 15 is 0 Å². The minimum absolute atomic E-state index is 0.0977. The molecule has 0 bridgehead atoms. The predicted octanol–water partition coefficient (Wildman–Crippen LogP) is 5.16. The van der Waals surface area contributed by atoms with Gasteiger partial charge in [-0.05, 0) is 48.2 Å². The van der Waals surface area contributed by atoms with Gasteiger partial charge in [0.2, 0.25) is 5.91 Å². The monoisotopic (exact) mass is 363 g/mol. The van der Waals surface area contributed by atoms with E-state index in [-0.39, 0.29) is 17.8 Å². The maximum Gasteiger partial charge on any atom is 0.223 e. The Kier molecular flexibility index (Phi) is 4.80. The molecule has 0 spiro atoms. The molecule has 27 heavy (non-hydrogen) atoms. The standard InChI is InChI=1S/C23H22FNO2/c1-25(21-13-10-16-6-2-3-7-18(16)21)23(26)15-12-17-11-14-22(27-17)19-8-4-5-9-20(19)24/h2-9,11,14,21H,10,12-13,15H2,1H3. The van der Waals surface area contributed by atoms with Crippen molar-refractivity contribution in [3.63, 3.8) is 0 Å². The molecule has 0 saturated heterocycles. The van der Waals surface area contributed by atoms with Crippen LogP contribution >= 0.6 is 0 Å². The normalized spacial score (nSPS) is 15.6. The number of hydrogen-bond acceptors (Lipinski definition) is 2. The molecule has 4 heteroatoms. The van der Waals surface area contributed by atoms with E-state index in [2.05, 4.69) is 12.1 Å². The van der Waals surface area contributed by atoms with Crippen LogP contribution in [0.25, 0.3) is 11.3 Å². The van der Waals surface area contributed by atoms with Crippen molar-refractivity contribution in [1.82, 2.24) is 4.90 Å². The Morgan fingerprint density at radius 2 is 1.89 bits per heavy atom. The minimum atomic E-state index is -0.311. The molecule has 1 aliphatic carbocycles. The predicted molar refractivity (Wildman–Crippen MR) is 103 cm³/mol. The molecule has 1 aliphatic rings. The number of carbonyl (C=O) groups is 1. The van der Waals surface area contributed by atoms with Crippen LogP contribution < -0.4 is 0 Å². The Morgan fingerprint density at radius 3 is 2.74 bits per heavy atom. The average Bonchev–Trinajstić information content (AvgIpc) is 3.33. The van der Waals surface area contributed by atoms with Crippen LogP contribution in [0.15, 0.2) is 65.1 Å². The van der Waals surface area contributed by atoms with E-state index in [0.29, 0.717) is 29.9 Å². The van der Waals surface area contributed by atoms with Crippen molar-refractivity contribution in [3.8, 4) is 11.3 Å². The van der Waals surface area contributed by atoms with E-state index in [4.69, 9.17) is 4.42 Å². The number of aryl methyl sites for hydroxylation is 2. The molecule has 4 rings (SSSR count). The zero-order chi connectivity index (χ0) is 18.8. The fourth-order valence-electron chi connectivity index (χ4n) is 3.84. The number of nitrogens with zero attached hydrogens (tertiary/aromatic N) is 1. The summed E-state index contributed by atoms with van der Waals surface area (Å²) in [6, 6.07) is 18.6. The van der Waals surface area contributed by atoms with Crippen molar-refractivity contribution in [2.75, 3.05) is 7.05 Å². The summed E-state index contributed by atoms with van der Waals surface area (Å²) in [5.74, 6) is 0.977. The number of hydrogen-bond donors (Lipinski definition) is 0. The minimum Gasteiger partial charge on any atom is -0.461 e. The molecule has 1 heterocycles. The van der Waals surface area contributed by atoms with E-state index < -0.39 is 0 Å². The Hall–Kier alpha value is -2.88. The third-order valence-electron chi connectivity index (χ3n) is 5.35. The third kappa shape index (κ3) is 3.52. The Labute approximate surface area is 158 Å². The first kappa shape index (κ1) is 17.5. The van der Waals surface area contributed by atoms with Crippen molar-refractivity contribution in [1.29, 1.82) is 0 Å². The second-order valence-electron chi connectivity index (χ2n) is 7.00. The Morgan fingerprint density at radius 1 is 1.11 bits per heavy atom. The molecule has 1 aromatic heterocycles. The van der Waals surface area contributed by atoms with Crippen molar-refractivity contribution < 1.29 is 13.6 Å². The smallest absolute Gasteiger partial charge is 0.223 e. The van der Waals surface area contributed by atoms with E-state index in [1.54, 1.807) is 24.3 Å². The van der Waals surface area contributed by atoms with Crippen LogP contribution in [-0.4, -0.2) is 17.9 Å². The molecule has 0 aliphatic heterocycles. The highest BCUT2D eigenvalue weighted by molar-refractivity contribution is 5.77. The molecule has 2 aromatic carbocycles. The SMILES string of the molecule is CN(C(=O)CCc1ccc(-c2ccccc2F)o1)C1CCc2ccccc21. The summed E-state index contributed by atoms with van der Waals surface area (Å²) in [4.78, 5) is 14.5. The summed E-state index contributed by atoms with van der Waals surface area (Å²) in [6.07, 6.45) is 2.87. The lowest BCUT2D eigenvalue weighted by Crippen LogP contribution is -2.30. The highest BCUT2D eigenvalue weighted by Crippen LogP contribution is 2.35. The lowest BCUT2D eigenvalue weighted by Gasteiger charge is -2.25. The molecule has 0 radical (unpaired) electrons. The first-order valence-electron chi connectivity index (χ1n) is 9.30. The van der Waals surface area contributed by atoms with E-state index in [1.807, 2.05) is 30.1 Å². The molecule has 0 N–H and O–H groups in total. The van der Waals surface area contributed by atoms with Crippen LogP contribution in [0.3, 0.4) is 0 Å². The van der Waals surface area contributed by atoms with Gasteiger partial charge in [0.25, 0.3) is 0 Å². The molecule has 3 aromatic rings. The fraction of sp³-hybridized carbons (Fsp3) is 0.261. The van der Waals surface area contributed by atoms with Gasteiger partial charge < -0.3 is 9.32 Å². The first-order chi connectivity index (χ1) is 13.1. The fourth-order valence-corrected chi connectivity index (χ4v) is 3.84. The second-order valence-corrected chi connectivity index (χ2v) is 7.00. The lowest BCUT2D eigenvalue weighted by molar-refractivity contribution is -0.132. The number of carbonyl (C=O) groups excluding carboxylic acids is 1. The maximum atomic E-state index is 13.9. The molecular weight excluding hydrogens is 341 g/mol. The number of halogens is 1. The molecule has 1 atom stereocenters. The topological polar surface area (TPSA) is 33.5 Å². The highest BCUT2D eigenvalue weighted by atomic mass is 19.1. The average molecular weight is 363 g/mol. The van der Waals surface area contributed by atoms with Crippen molar-refractivity contribution in [2.45, 2.75) is 31.7 Å². The van der Waals surface area contributed by atoms with Crippen LogP contribution in [0.2, 0.25) is 0 Å².